The summed E-state index contributed by atoms with van der Waals surface area (Å²) >= 11 is 0. The molecule has 98 valence electrons. The first kappa shape index (κ1) is 12.0. The highest BCUT2D eigenvalue weighted by atomic mass is 16.3. The number of nitrogens with two attached hydrogens (primary N) is 1. The molecule has 0 amide bonds. The van der Waals surface area contributed by atoms with Crippen LogP contribution in [0.25, 0.3) is 10.9 Å². The van der Waals surface area contributed by atoms with Crippen molar-refractivity contribution in [1.29, 1.82) is 0 Å². The van der Waals surface area contributed by atoms with Crippen LogP contribution in [0, 0.1) is 0 Å². The van der Waals surface area contributed by atoms with Crippen LogP contribution in [0.15, 0.2) is 53.3 Å². The summed E-state index contributed by atoms with van der Waals surface area (Å²) in [5.41, 5.74) is 7.35. The van der Waals surface area contributed by atoms with Crippen LogP contribution in [0.1, 0.15) is 25.1 Å². The Morgan fingerprint density at radius 2 is 2.11 bits per heavy atom. The third-order valence-corrected chi connectivity index (χ3v) is 3.48. The first-order chi connectivity index (χ1) is 9.31. The minimum atomic E-state index is -0.0695. The van der Waals surface area contributed by atoms with E-state index in [4.69, 9.17) is 10.2 Å². The summed E-state index contributed by atoms with van der Waals surface area (Å²) in [5.74, 6) is 0.850. The Hall–Kier alpha value is -2.07. The highest BCUT2D eigenvalue weighted by Gasteiger charge is 2.25. The third kappa shape index (κ3) is 2.04. The molecule has 3 rings (SSSR count). The number of para-hydroxylation sites is 1. The molecule has 2 atom stereocenters. The van der Waals surface area contributed by atoms with Crippen molar-refractivity contribution in [2.75, 3.05) is 0 Å². The van der Waals surface area contributed by atoms with Crippen molar-refractivity contribution in [2.45, 2.75) is 25.4 Å². The lowest BCUT2D eigenvalue weighted by atomic mass is 10.0. The second kappa shape index (κ2) is 4.90. The molecule has 2 heterocycles. The van der Waals surface area contributed by atoms with E-state index >= 15 is 0 Å². The van der Waals surface area contributed by atoms with E-state index < -0.39 is 0 Å². The van der Waals surface area contributed by atoms with Crippen molar-refractivity contribution in [3.05, 3.63) is 54.6 Å². The van der Waals surface area contributed by atoms with Crippen molar-refractivity contribution in [3.8, 4) is 0 Å². The molecule has 2 N–H and O–H groups in total. The predicted octanol–water partition coefficient (Wildman–Crippen LogP) is 2.96. The van der Waals surface area contributed by atoms with Gasteiger partial charge < -0.3 is 10.2 Å². The molecule has 3 aromatic rings. The van der Waals surface area contributed by atoms with Crippen molar-refractivity contribution in [2.24, 2.45) is 5.73 Å². The molecular weight excluding hydrogens is 238 g/mol. The molecule has 0 spiro atoms. The monoisotopic (exact) mass is 255 g/mol. The largest absolute Gasteiger partial charge is 0.467 e. The molecule has 4 nitrogen and oxygen atoms in total. The number of hydrogen-bond acceptors (Lipinski definition) is 3. The number of benzene rings is 1. The van der Waals surface area contributed by atoms with E-state index in [2.05, 4.69) is 24.2 Å². The van der Waals surface area contributed by atoms with E-state index in [1.807, 2.05) is 35.1 Å². The van der Waals surface area contributed by atoms with Gasteiger partial charge in [0.2, 0.25) is 0 Å². The summed E-state index contributed by atoms with van der Waals surface area (Å²) in [6, 6.07) is 11.9. The zero-order chi connectivity index (χ0) is 13.2. The van der Waals surface area contributed by atoms with Gasteiger partial charge in [0, 0.05) is 11.4 Å². The van der Waals surface area contributed by atoms with Crippen LogP contribution in [0.4, 0.5) is 0 Å². The molecular formula is C15H17N3O. The molecule has 0 fully saturated rings. The van der Waals surface area contributed by atoms with Gasteiger partial charge in [-0.05, 0) is 24.6 Å². The average molecular weight is 255 g/mol. The molecule has 1 aromatic carbocycles. The van der Waals surface area contributed by atoms with Crippen molar-refractivity contribution >= 4 is 10.9 Å². The highest BCUT2D eigenvalue weighted by Crippen LogP contribution is 2.26. The summed E-state index contributed by atoms with van der Waals surface area (Å²) in [7, 11) is 0. The van der Waals surface area contributed by atoms with Crippen molar-refractivity contribution in [3.63, 3.8) is 0 Å². The first-order valence-corrected chi connectivity index (χ1v) is 6.52. The van der Waals surface area contributed by atoms with Gasteiger partial charge in [0.05, 0.1) is 18.0 Å². The van der Waals surface area contributed by atoms with Gasteiger partial charge >= 0.3 is 0 Å². The lowest BCUT2D eigenvalue weighted by Gasteiger charge is -2.22. The maximum atomic E-state index is 6.27. The standard InChI is InChI=1S/C15H17N3O/c1-2-12(16)15(14-8-5-9-19-14)18-13-7-4-3-6-11(13)10-17-18/h3-10,12,15H,2,16H2,1H3. The molecule has 0 radical (unpaired) electrons. The van der Waals surface area contributed by atoms with Crippen LogP contribution in [-0.2, 0) is 0 Å². The smallest absolute Gasteiger partial charge is 0.129 e. The second-order valence-corrected chi connectivity index (χ2v) is 4.68. The van der Waals surface area contributed by atoms with Crippen molar-refractivity contribution in [1.82, 2.24) is 9.78 Å². The van der Waals surface area contributed by atoms with Gasteiger partial charge in [-0.3, -0.25) is 4.68 Å². The van der Waals surface area contributed by atoms with Crippen LogP contribution in [0.5, 0.6) is 0 Å². The fourth-order valence-corrected chi connectivity index (χ4v) is 2.41. The van der Waals surface area contributed by atoms with Gasteiger partial charge in [0.1, 0.15) is 11.8 Å². The molecule has 2 unspecified atom stereocenters. The summed E-state index contributed by atoms with van der Waals surface area (Å²) in [6.45, 7) is 2.08. The summed E-state index contributed by atoms with van der Waals surface area (Å²) < 4.78 is 7.51. The molecule has 0 saturated heterocycles. The highest BCUT2D eigenvalue weighted by molar-refractivity contribution is 5.78. The maximum Gasteiger partial charge on any atom is 0.129 e. The second-order valence-electron chi connectivity index (χ2n) is 4.68. The maximum absolute atomic E-state index is 6.27. The van der Waals surface area contributed by atoms with E-state index in [0.29, 0.717) is 0 Å². The lowest BCUT2D eigenvalue weighted by Crippen LogP contribution is -2.32. The van der Waals surface area contributed by atoms with Crippen LogP contribution >= 0.6 is 0 Å². The zero-order valence-corrected chi connectivity index (χ0v) is 10.9. The number of hydrogen-bond donors (Lipinski definition) is 1. The van der Waals surface area contributed by atoms with E-state index in [9.17, 15) is 0 Å². The number of fused-ring (bicyclic) bond motifs is 1. The van der Waals surface area contributed by atoms with Crippen LogP contribution in [0.2, 0.25) is 0 Å². The number of nitrogens with zero attached hydrogens (tertiary/aromatic N) is 2. The molecule has 0 aliphatic rings. The average Bonchev–Trinajstić information content (AvgIpc) is 3.09. The minimum Gasteiger partial charge on any atom is -0.467 e. The van der Waals surface area contributed by atoms with E-state index in [1.165, 1.54) is 0 Å². The summed E-state index contributed by atoms with van der Waals surface area (Å²) in [4.78, 5) is 0. The third-order valence-electron chi connectivity index (χ3n) is 3.48. The van der Waals surface area contributed by atoms with Gasteiger partial charge in [0.25, 0.3) is 0 Å². The van der Waals surface area contributed by atoms with Gasteiger partial charge in [-0.2, -0.15) is 5.10 Å². The quantitative estimate of drug-likeness (QED) is 0.779. The molecule has 4 heteroatoms. The van der Waals surface area contributed by atoms with Crippen LogP contribution in [0.3, 0.4) is 0 Å². The molecule has 0 bridgehead atoms. The van der Waals surface area contributed by atoms with Gasteiger partial charge in [-0.1, -0.05) is 25.1 Å². The van der Waals surface area contributed by atoms with E-state index in [0.717, 1.165) is 23.1 Å². The lowest BCUT2D eigenvalue weighted by molar-refractivity contribution is 0.358. The Bertz CT molecular complexity index is 657. The van der Waals surface area contributed by atoms with Crippen molar-refractivity contribution < 1.29 is 4.42 Å². The zero-order valence-electron chi connectivity index (χ0n) is 10.9. The molecule has 0 aliphatic heterocycles. The predicted molar refractivity (Wildman–Crippen MR) is 74.8 cm³/mol. The molecule has 0 saturated carbocycles. The Morgan fingerprint density at radius 1 is 1.26 bits per heavy atom. The normalized spacial score (nSPS) is 14.6. The Morgan fingerprint density at radius 3 is 2.84 bits per heavy atom. The van der Waals surface area contributed by atoms with Gasteiger partial charge in [-0.15, -0.1) is 0 Å². The Balaban J connectivity index is 2.14. The topological polar surface area (TPSA) is 57.0 Å². The fourth-order valence-electron chi connectivity index (χ4n) is 2.41. The van der Waals surface area contributed by atoms with Gasteiger partial charge in [-0.25, -0.2) is 0 Å². The SMILES string of the molecule is CCC(N)C(c1ccco1)n1ncc2ccccc21. The number of rotatable bonds is 4. The Labute approximate surface area is 111 Å². The van der Waals surface area contributed by atoms with Gasteiger partial charge in [0.15, 0.2) is 0 Å². The van der Waals surface area contributed by atoms with Crippen LogP contribution < -0.4 is 5.73 Å². The number of furan rings is 1. The molecule has 2 aromatic heterocycles. The summed E-state index contributed by atoms with van der Waals surface area (Å²) in [6.07, 6.45) is 4.41. The summed E-state index contributed by atoms with van der Waals surface area (Å²) in [5, 5.41) is 5.61. The van der Waals surface area contributed by atoms with E-state index in [-0.39, 0.29) is 12.1 Å². The minimum absolute atomic E-state index is 0.0329. The Kier molecular flexibility index (Phi) is 3.09. The first-order valence-electron chi connectivity index (χ1n) is 6.52. The van der Waals surface area contributed by atoms with E-state index in [1.54, 1.807) is 6.26 Å². The number of aromatic nitrogens is 2. The fraction of sp³-hybridized carbons (Fsp3) is 0.267. The van der Waals surface area contributed by atoms with Crippen LogP contribution in [-0.4, -0.2) is 15.8 Å². The molecule has 19 heavy (non-hydrogen) atoms. The molecule has 0 aliphatic carbocycles.